The molecule has 2 aliphatic heterocycles. The normalized spacial score (nSPS) is 25.8. The number of rotatable bonds is 4. The molecule has 2 saturated carbocycles. The van der Waals surface area contributed by atoms with Gasteiger partial charge in [-0.2, -0.15) is 5.10 Å². The number of halogens is 2. The Kier molecular flexibility index (Phi) is 3.22. The number of hydrogen-bond donors (Lipinski definition) is 2. The number of hydrogen-bond acceptors (Lipinski definition) is 6. The third-order valence-electron chi connectivity index (χ3n) is 6.18. The fourth-order valence-corrected chi connectivity index (χ4v) is 5.59. The molecule has 2 unspecified atom stereocenters. The number of benzene rings is 1. The number of anilines is 3. The molecule has 1 aromatic carbocycles. The SMILES string of the molecule is Cn1ncc(NC(=O)c2nc(-c3c(F)cccc3F)sc2N)c1N1CC2C3C2C31. The average Bonchev–Trinajstić information content (AvgIpc) is 3.27. The average molecular weight is 414 g/mol. The first-order chi connectivity index (χ1) is 14.0. The van der Waals surface area contributed by atoms with E-state index in [2.05, 4.69) is 20.3 Å². The van der Waals surface area contributed by atoms with E-state index < -0.39 is 17.5 Å². The zero-order valence-electron chi connectivity index (χ0n) is 15.3. The predicted molar refractivity (Wildman–Crippen MR) is 105 cm³/mol. The molecular weight excluding hydrogens is 398 g/mol. The Labute approximate surface area is 168 Å². The van der Waals surface area contributed by atoms with Crippen LogP contribution >= 0.6 is 11.3 Å². The van der Waals surface area contributed by atoms with Gasteiger partial charge in [-0.25, -0.2) is 13.8 Å². The summed E-state index contributed by atoms with van der Waals surface area (Å²) in [5.41, 5.74) is 6.19. The van der Waals surface area contributed by atoms with Gasteiger partial charge >= 0.3 is 0 Å². The molecule has 1 amide bonds. The Bertz CT molecular complexity index is 1150. The molecule has 2 aliphatic carbocycles. The van der Waals surface area contributed by atoms with Crippen LogP contribution < -0.4 is 16.0 Å². The molecule has 7 nitrogen and oxygen atoms in total. The van der Waals surface area contributed by atoms with Gasteiger partial charge in [0.1, 0.15) is 27.3 Å². The summed E-state index contributed by atoms with van der Waals surface area (Å²) in [6, 6.07) is 4.11. The highest BCUT2D eigenvalue weighted by atomic mass is 32.1. The van der Waals surface area contributed by atoms with Gasteiger partial charge in [0.25, 0.3) is 5.91 Å². The first kappa shape index (κ1) is 16.9. The summed E-state index contributed by atoms with van der Waals surface area (Å²) in [7, 11) is 1.84. The van der Waals surface area contributed by atoms with Crippen molar-refractivity contribution in [3.05, 3.63) is 41.7 Å². The van der Waals surface area contributed by atoms with E-state index in [1.807, 2.05) is 7.05 Å². The minimum absolute atomic E-state index is 0.0265. The zero-order chi connectivity index (χ0) is 20.0. The molecule has 4 aliphatic rings. The van der Waals surface area contributed by atoms with Crippen molar-refractivity contribution in [1.29, 1.82) is 0 Å². The van der Waals surface area contributed by atoms with Crippen LogP contribution in [0.15, 0.2) is 24.4 Å². The van der Waals surface area contributed by atoms with Gasteiger partial charge in [0.05, 0.1) is 11.8 Å². The molecule has 0 spiro atoms. The summed E-state index contributed by atoms with van der Waals surface area (Å²) >= 11 is 0.874. The number of nitrogens with zero attached hydrogens (tertiary/aromatic N) is 4. The van der Waals surface area contributed by atoms with E-state index in [0.717, 1.165) is 53.6 Å². The summed E-state index contributed by atoms with van der Waals surface area (Å²) in [5, 5.41) is 7.22. The lowest BCUT2D eigenvalue weighted by atomic mass is 10.2. The van der Waals surface area contributed by atoms with Crippen LogP contribution in [0.1, 0.15) is 10.5 Å². The second-order valence-corrected chi connectivity index (χ2v) is 8.78. The van der Waals surface area contributed by atoms with Gasteiger partial charge in [-0.15, -0.1) is 0 Å². The standard InChI is InChI=1S/C19H16F2N6OS/c1-26-19(27-6-7-11-12(7)15(11)27)10(5-23-26)24-17(28)14-16(22)29-18(25-14)13-8(20)3-2-4-9(13)21/h2-5,7,11-12,15H,6,22H2,1H3,(H,24,28). The molecule has 148 valence electrons. The number of carbonyl (C=O) groups is 1. The van der Waals surface area contributed by atoms with Gasteiger partial charge in [0, 0.05) is 19.6 Å². The second kappa shape index (κ2) is 5.53. The highest BCUT2D eigenvalue weighted by Gasteiger charge is 2.81. The van der Waals surface area contributed by atoms with Crippen LogP contribution in [-0.2, 0) is 7.05 Å². The predicted octanol–water partition coefficient (Wildman–Crippen LogP) is 2.72. The van der Waals surface area contributed by atoms with Crippen LogP contribution in [0.5, 0.6) is 0 Å². The molecule has 2 saturated heterocycles. The number of carbonyl (C=O) groups excluding carboxylic acids is 1. The number of amides is 1. The number of aryl methyl sites for hydroxylation is 1. The lowest BCUT2D eigenvalue weighted by Crippen LogP contribution is -2.25. The summed E-state index contributed by atoms with van der Waals surface area (Å²) in [5.74, 6) is 1.22. The first-order valence-corrected chi connectivity index (χ1v) is 10.1. The molecule has 4 fully saturated rings. The minimum Gasteiger partial charge on any atom is -0.389 e. The van der Waals surface area contributed by atoms with Gasteiger partial charge in [-0.1, -0.05) is 17.4 Å². The molecular formula is C19H16F2N6OS. The molecule has 7 rings (SSSR count). The van der Waals surface area contributed by atoms with Crippen molar-refractivity contribution in [1.82, 2.24) is 14.8 Å². The van der Waals surface area contributed by atoms with E-state index in [4.69, 9.17) is 5.73 Å². The third kappa shape index (κ3) is 2.29. The molecule has 3 N–H and O–H groups in total. The summed E-state index contributed by atoms with van der Waals surface area (Å²) in [6.07, 6.45) is 1.60. The van der Waals surface area contributed by atoms with E-state index in [-0.39, 0.29) is 21.3 Å². The molecule has 2 bridgehead atoms. The largest absolute Gasteiger partial charge is 0.389 e. The summed E-state index contributed by atoms with van der Waals surface area (Å²) in [6.45, 7) is 0.984. The Hall–Kier alpha value is -3.01. The molecule has 2 aromatic heterocycles. The van der Waals surface area contributed by atoms with Crippen LogP contribution in [0, 0.1) is 29.4 Å². The van der Waals surface area contributed by atoms with Crippen LogP contribution in [0.4, 0.5) is 25.3 Å². The van der Waals surface area contributed by atoms with E-state index in [9.17, 15) is 13.6 Å². The number of piperidine rings is 1. The van der Waals surface area contributed by atoms with Crippen molar-refractivity contribution in [2.75, 3.05) is 22.5 Å². The summed E-state index contributed by atoms with van der Waals surface area (Å²) < 4.78 is 29.9. The lowest BCUT2D eigenvalue weighted by molar-refractivity contribution is 0.102. The van der Waals surface area contributed by atoms with Crippen molar-refractivity contribution >= 4 is 33.8 Å². The number of nitrogens with two attached hydrogens (primary N) is 1. The highest BCUT2D eigenvalue weighted by Crippen LogP contribution is 2.76. The summed E-state index contributed by atoms with van der Waals surface area (Å²) in [4.78, 5) is 19.3. The van der Waals surface area contributed by atoms with Crippen LogP contribution in [-0.4, -0.2) is 33.3 Å². The lowest BCUT2D eigenvalue weighted by Gasteiger charge is -2.20. The number of fused-ring (bicyclic) bond motifs is 1. The van der Waals surface area contributed by atoms with Gasteiger partial charge in [-0.3, -0.25) is 9.48 Å². The Morgan fingerprint density at radius 3 is 2.69 bits per heavy atom. The van der Waals surface area contributed by atoms with Crippen LogP contribution in [0.25, 0.3) is 10.6 Å². The Balaban J connectivity index is 1.30. The van der Waals surface area contributed by atoms with Crippen molar-refractivity contribution < 1.29 is 13.6 Å². The third-order valence-corrected chi connectivity index (χ3v) is 7.08. The van der Waals surface area contributed by atoms with Crippen molar-refractivity contribution in [2.24, 2.45) is 24.8 Å². The second-order valence-electron chi connectivity index (χ2n) is 7.75. The maximum absolute atomic E-state index is 14.1. The molecule has 10 heteroatoms. The molecule has 2 atom stereocenters. The topological polar surface area (TPSA) is 89.1 Å². The highest BCUT2D eigenvalue weighted by molar-refractivity contribution is 7.19. The Morgan fingerprint density at radius 1 is 1.31 bits per heavy atom. The van der Waals surface area contributed by atoms with Gasteiger partial charge in [0.2, 0.25) is 0 Å². The smallest absolute Gasteiger partial charge is 0.277 e. The van der Waals surface area contributed by atoms with E-state index in [1.54, 1.807) is 10.9 Å². The first-order valence-electron chi connectivity index (χ1n) is 9.26. The van der Waals surface area contributed by atoms with Gasteiger partial charge < -0.3 is 16.0 Å². The van der Waals surface area contributed by atoms with E-state index >= 15 is 0 Å². The fourth-order valence-electron chi connectivity index (χ4n) is 4.71. The number of thiazole rings is 1. The molecule has 0 radical (unpaired) electrons. The quantitative estimate of drug-likeness (QED) is 0.685. The van der Waals surface area contributed by atoms with Gasteiger partial charge in [-0.05, 0) is 29.9 Å². The fraction of sp³-hybridized carbons (Fsp3) is 0.316. The molecule has 3 aromatic rings. The zero-order valence-corrected chi connectivity index (χ0v) is 16.1. The van der Waals surface area contributed by atoms with E-state index in [0.29, 0.717) is 11.7 Å². The number of nitrogens with one attached hydrogen (secondary N) is 1. The molecule has 4 heterocycles. The van der Waals surface area contributed by atoms with Crippen LogP contribution in [0.3, 0.4) is 0 Å². The van der Waals surface area contributed by atoms with Crippen molar-refractivity contribution in [3.63, 3.8) is 0 Å². The van der Waals surface area contributed by atoms with Crippen molar-refractivity contribution in [2.45, 2.75) is 6.04 Å². The maximum atomic E-state index is 14.1. The molecule has 29 heavy (non-hydrogen) atoms. The number of aromatic nitrogens is 3. The number of nitrogen functional groups attached to an aromatic ring is 1. The Morgan fingerprint density at radius 2 is 2.03 bits per heavy atom. The van der Waals surface area contributed by atoms with Crippen LogP contribution in [0.2, 0.25) is 0 Å². The maximum Gasteiger partial charge on any atom is 0.277 e. The minimum atomic E-state index is -0.754. The van der Waals surface area contributed by atoms with Gasteiger partial charge in [0.15, 0.2) is 11.5 Å². The van der Waals surface area contributed by atoms with E-state index in [1.165, 1.54) is 6.07 Å². The monoisotopic (exact) mass is 414 g/mol. The van der Waals surface area contributed by atoms with Crippen molar-refractivity contribution in [3.8, 4) is 10.6 Å².